The number of nitrogens with zero attached hydrogens (tertiary/aromatic N) is 3. The molecule has 8 heteroatoms. The van der Waals surface area contributed by atoms with Crippen LogP contribution in [0.4, 0.5) is 0 Å². The first-order chi connectivity index (χ1) is 18.1. The van der Waals surface area contributed by atoms with Gasteiger partial charge in [0.1, 0.15) is 5.75 Å². The molecule has 0 aliphatic rings. The molecule has 37 heavy (non-hydrogen) atoms. The summed E-state index contributed by atoms with van der Waals surface area (Å²) in [6, 6.07) is 27.0. The first-order valence-electron chi connectivity index (χ1n) is 12.0. The average molecular weight is 557 g/mol. The van der Waals surface area contributed by atoms with Gasteiger partial charge in [0.25, 0.3) is 5.91 Å². The summed E-state index contributed by atoms with van der Waals surface area (Å²) in [4.78, 5) is 12.9. The van der Waals surface area contributed by atoms with Gasteiger partial charge in [0.05, 0.1) is 18.0 Å². The molecule has 0 atom stereocenters. The van der Waals surface area contributed by atoms with E-state index in [2.05, 4.69) is 33.3 Å². The third-order valence-electron chi connectivity index (χ3n) is 5.72. The van der Waals surface area contributed by atoms with Crippen LogP contribution in [0.5, 0.6) is 5.75 Å². The normalized spacial score (nSPS) is 10.9. The number of ether oxygens (including phenoxy) is 1. The maximum Gasteiger partial charge on any atom is 0.273 e. The topological polar surface area (TPSA) is 82.2 Å². The summed E-state index contributed by atoms with van der Waals surface area (Å²) >= 11 is 3.42. The van der Waals surface area contributed by atoms with Crippen molar-refractivity contribution in [3.8, 4) is 34.0 Å². The van der Waals surface area contributed by atoms with Crippen molar-refractivity contribution < 1.29 is 14.1 Å². The Hall–Kier alpha value is -4.17. The molecule has 0 saturated carbocycles. The number of carbonyl (C=O) groups is 1. The van der Waals surface area contributed by atoms with Crippen LogP contribution in [-0.4, -0.2) is 27.5 Å². The van der Waals surface area contributed by atoms with Crippen LogP contribution in [0.3, 0.4) is 0 Å². The molecule has 5 aromatic rings. The third kappa shape index (κ3) is 5.81. The Bertz CT molecular complexity index is 1480. The molecule has 0 aliphatic carbocycles. The summed E-state index contributed by atoms with van der Waals surface area (Å²) < 4.78 is 13.9. The highest BCUT2D eigenvalue weighted by Crippen LogP contribution is 2.27. The van der Waals surface area contributed by atoms with E-state index in [1.807, 2.05) is 89.7 Å². The second-order valence-electron chi connectivity index (χ2n) is 8.42. The molecular weight excluding hydrogens is 532 g/mol. The van der Waals surface area contributed by atoms with Gasteiger partial charge in [0.2, 0.25) is 0 Å². The zero-order valence-electron chi connectivity index (χ0n) is 20.2. The van der Waals surface area contributed by atoms with E-state index in [1.165, 1.54) is 0 Å². The zero-order chi connectivity index (χ0) is 25.6. The van der Waals surface area contributed by atoms with Gasteiger partial charge in [-0.25, -0.2) is 4.68 Å². The van der Waals surface area contributed by atoms with Crippen LogP contribution < -0.4 is 10.1 Å². The molecule has 2 heterocycles. The van der Waals surface area contributed by atoms with E-state index in [0.717, 1.165) is 44.7 Å². The predicted octanol–water partition coefficient (Wildman–Crippen LogP) is 6.68. The van der Waals surface area contributed by atoms with Crippen LogP contribution in [0.15, 0.2) is 100 Å². The van der Waals surface area contributed by atoms with E-state index in [-0.39, 0.29) is 18.1 Å². The van der Waals surface area contributed by atoms with Crippen LogP contribution in [0.1, 0.15) is 29.4 Å². The Morgan fingerprint density at radius 3 is 2.46 bits per heavy atom. The summed E-state index contributed by atoms with van der Waals surface area (Å²) in [6.45, 7) is 3.02. The molecule has 7 nitrogen and oxygen atoms in total. The van der Waals surface area contributed by atoms with Crippen LogP contribution in [0, 0.1) is 0 Å². The van der Waals surface area contributed by atoms with Crippen molar-refractivity contribution in [2.45, 2.75) is 19.9 Å². The summed E-state index contributed by atoms with van der Waals surface area (Å²) in [6.07, 6.45) is 2.88. The lowest BCUT2D eigenvalue weighted by molar-refractivity contribution is 0.0942. The highest BCUT2D eigenvalue weighted by atomic mass is 79.9. The molecular formula is C29H25BrN4O3. The minimum Gasteiger partial charge on any atom is -0.494 e. The molecule has 0 fully saturated rings. The molecule has 0 aliphatic heterocycles. The minimum atomic E-state index is -0.325. The van der Waals surface area contributed by atoms with Crippen molar-refractivity contribution in [1.82, 2.24) is 20.3 Å². The molecule has 0 spiro atoms. The number of rotatable bonds is 9. The van der Waals surface area contributed by atoms with Gasteiger partial charge in [-0.3, -0.25) is 4.79 Å². The molecule has 3 aromatic carbocycles. The SMILES string of the molecule is CCCOc1ccc(-c2nn(-c3ccccc3)cc2CNC(=O)c2cc(-c3ccc(Br)cc3)on2)cc1. The lowest BCUT2D eigenvalue weighted by atomic mass is 10.1. The lowest BCUT2D eigenvalue weighted by Gasteiger charge is -2.07. The maximum absolute atomic E-state index is 12.9. The van der Waals surface area contributed by atoms with Crippen molar-refractivity contribution in [1.29, 1.82) is 0 Å². The van der Waals surface area contributed by atoms with Crippen molar-refractivity contribution in [3.63, 3.8) is 0 Å². The van der Waals surface area contributed by atoms with Gasteiger partial charge >= 0.3 is 0 Å². The van der Waals surface area contributed by atoms with E-state index in [4.69, 9.17) is 14.4 Å². The quantitative estimate of drug-likeness (QED) is 0.219. The van der Waals surface area contributed by atoms with Crippen LogP contribution in [0.25, 0.3) is 28.3 Å². The first kappa shape index (κ1) is 24.5. The number of amides is 1. The van der Waals surface area contributed by atoms with Gasteiger partial charge in [0, 0.05) is 40.0 Å². The lowest BCUT2D eigenvalue weighted by Crippen LogP contribution is -2.23. The van der Waals surface area contributed by atoms with E-state index < -0.39 is 0 Å². The molecule has 1 N–H and O–H groups in total. The number of hydrogen-bond donors (Lipinski definition) is 1. The zero-order valence-corrected chi connectivity index (χ0v) is 21.8. The van der Waals surface area contributed by atoms with E-state index in [9.17, 15) is 4.79 Å². The van der Waals surface area contributed by atoms with Gasteiger partial charge in [0.15, 0.2) is 11.5 Å². The van der Waals surface area contributed by atoms with E-state index in [0.29, 0.717) is 12.4 Å². The summed E-state index contributed by atoms with van der Waals surface area (Å²) in [7, 11) is 0. The Labute approximate surface area is 223 Å². The fourth-order valence-corrected chi connectivity index (χ4v) is 4.09. The van der Waals surface area contributed by atoms with Crippen molar-refractivity contribution in [3.05, 3.63) is 107 Å². The van der Waals surface area contributed by atoms with Crippen molar-refractivity contribution in [2.75, 3.05) is 6.61 Å². The summed E-state index contributed by atoms with van der Waals surface area (Å²) in [5.74, 6) is 1.02. The number of nitrogens with one attached hydrogen (secondary N) is 1. The largest absolute Gasteiger partial charge is 0.494 e. The van der Waals surface area contributed by atoms with Gasteiger partial charge in [-0.1, -0.05) is 58.3 Å². The fourth-order valence-electron chi connectivity index (χ4n) is 3.82. The maximum atomic E-state index is 12.9. The second-order valence-corrected chi connectivity index (χ2v) is 9.34. The molecule has 2 aromatic heterocycles. The number of para-hydroxylation sites is 1. The third-order valence-corrected chi connectivity index (χ3v) is 6.25. The Balaban J connectivity index is 1.37. The predicted molar refractivity (Wildman–Crippen MR) is 146 cm³/mol. The molecule has 0 bridgehead atoms. The van der Waals surface area contributed by atoms with Gasteiger partial charge in [-0.05, 0) is 55.0 Å². The van der Waals surface area contributed by atoms with Crippen molar-refractivity contribution >= 4 is 21.8 Å². The Kier molecular flexibility index (Phi) is 7.46. The number of aromatic nitrogens is 3. The molecule has 5 rings (SSSR count). The smallest absolute Gasteiger partial charge is 0.273 e. The van der Waals surface area contributed by atoms with Crippen LogP contribution >= 0.6 is 15.9 Å². The molecule has 186 valence electrons. The first-order valence-corrected chi connectivity index (χ1v) is 12.8. The Morgan fingerprint density at radius 2 is 1.73 bits per heavy atom. The highest BCUT2D eigenvalue weighted by molar-refractivity contribution is 9.10. The van der Waals surface area contributed by atoms with Crippen molar-refractivity contribution in [2.24, 2.45) is 0 Å². The summed E-state index contributed by atoms with van der Waals surface area (Å²) in [5, 5.41) is 11.7. The van der Waals surface area contributed by atoms with Gasteiger partial charge in [-0.2, -0.15) is 5.10 Å². The molecule has 0 radical (unpaired) electrons. The van der Waals surface area contributed by atoms with Gasteiger partial charge < -0.3 is 14.6 Å². The second kappa shape index (κ2) is 11.3. The minimum absolute atomic E-state index is 0.215. The standard InChI is InChI=1S/C29H25BrN4O3/c1-2-16-36-25-14-10-21(11-15-25)28-22(19-34(32-28)24-6-4-3-5-7-24)18-31-29(35)26-17-27(37-33-26)20-8-12-23(30)13-9-20/h3-15,17,19H,2,16,18H2,1H3,(H,31,35). The molecule has 1 amide bonds. The molecule has 0 unspecified atom stereocenters. The molecule has 0 saturated heterocycles. The number of benzene rings is 3. The van der Waals surface area contributed by atoms with E-state index >= 15 is 0 Å². The van der Waals surface area contributed by atoms with Gasteiger partial charge in [-0.15, -0.1) is 0 Å². The van der Waals surface area contributed by atoms with Crippen LogP contribution in [-0.2, 0) is 6.54 Å². The summed E-state index contributed by atoms with van der Waals surface area (Å²) in [5.41, 5.74) is 4.57. The monoisotopic (exact) mass is 556 g/mol. The Morgan fingerprint density at radius 1 is 1.00 bits per heavy atom. The number of carbonyl (C=O) groups excluding carboxylic acids is 1. The average Bonchev–Trinajstić information content (AvgIpc) is 3.60. The highest BCUT2D eigenvalue weighted by Gasteiger charge is 2.17. The van der Waals surface area contributed by atoms with Crippen LogP contribution in [0.2, 0.25) is 0 Å². The number of hydrogen-bond acceptors (Lipinski definition) is 5. The fraction of sp³-hybridized carbons (Fsp3) is 0.138. The van der Waals surface area contributed by atoms with E-state index in [1.54, 1.807) is 6.07 Å². The number of halogens is 1.